The lowest BCUT2D eigenvalue weighted by molar-refractivity contribution is 0.0746. The largest absolute Gasteiger partial charge is 0.353 e. The molecular weight excluding hydrogens is 290 g/mol. The molecule has 0 aromatic carbocycles. The highest BCUT2D eigenvalue weighted by Gasteiger charge is 2.24. The molecule has 6 heteroatoms. The number of hydrogen-bond donors (Lipinski definition) is 0. The monoisotopic (exact) mass is 313 g/mol. The van der Waals surface area contributed by atoms with Gasteiger partial charge >= 0.3 is 0 Å². The highest BCUT2D eigenvalue weighted by molar-refractivity contribution is 5.93. The minimum Gasteiger partial charge on any atom is -0.353 e. The normalized spacial score (nSPS) is 15.8. The van der Waals surface area contributed by atoms with Gasteiger partial charge in [-0.05, 0) is 32.9 Å². The predicted molar refractivity (Wildman–Crippen MR) is 89.6 cm³/mol. The van der Waals surface area contributed by atoms with E-state index in [4.69, 9.17) is 0 Å². The lowest BCUT2D eigenvalue weighted by Gasteiger charge is -2.35. The molecule has 1 aliphatic heterocycles. The maximum absolute atomic E-state index is 12.6. The molecule has 1 fully saturated rings. The van der Waals surface area contributed by atoms with Crippen molar-refractivity contribution in [1.82, 2.24) is 19.7 Å². The Kier molecular flexibility index (Phi) is 4.07. The second-order valence-corrected chi connectivity index (χ2v) is 6.81. The van der Waals surface area contributed by atoms with Crippen molar-refractivity contribution in [3.63, 3.8) is 0 Å². The standard InChI is InChI=1S/C17H23N5O/c1-17(2,3)22-13-14(12-19-22)16(23)21-10-8-20(9-11-21)15-6-4-5-7-18-15/h4-7,12-13H,8-11H2,1-3H3. The first kappa shape index (κ1) is 15.5. The summed E-state index contributed by atoms with van der Waals surface area (Å²) >= 11 is 0. The number of piperazine rings is 1. The molecule has 6 nitrogen and oxygen atoms in total. The lowest BCUT2D eigenvalue weighted by Crippen LogP contribution is -2.49. The van der Waals surface area contributed by atoms with Crippen LogP contribution in [0.1, 0.15) is 31.1 Å². The quantitative estimate of drug-likeness (QED) is 0.851. The Morgan fingerprint density at radius 3 is 2.43 bits per heavy atom. The van der Waals surface area contributed by atoms with Gasteiger partial charge in [0.15, 0.2) is 0 Å². The average molecular weight is 313 g/mol. The fraction of sp³-hybridized carbons (Fsp3) is 0.471. The van der Waals surface area contributed by atoms with Gasteiger partial charge < -0.3 is 9.80 Å². The van der Waals surface area contributed by atoms with E-state index in [1.807, 2.05) is 34.0 Å². The molecule has 2 aromatic rings. The molecule has 3 heterocycles. The zero-order valence-corrected chi connectivity index (χ0v) is 13.9. The third kappa shape index (κ3) is 3.36. The van der Waals surface area contributed by atoms with Gasteiger partial charge in [-0.25, -0.2) is 4.98 Å². The Labute approximate surface area is 136 Å². The lowest BCUT2D eigenvalue weighted by atomic mass is 10.1. The Balaban J connectivity index is 1.63. The molecule has 2 aromatic heterocycles. The van der Waals surface area contributed by atoms with E-state index in [-0.39, 0.29) is 11.4 Å². The predicted octanol–water partition coefficient (Wildman–Crippen LogP) is 2.00. The molecule has 1 aliphatic rings. The Hall–Kier alpha value is -2.37. The first-order valence-corrected chi connectivity index (χ1v) is 7.95. The van der Waals surface area contributed by atoms with Crippen LogP contribution in [0.3, 0.4) is 0 Å². The van der Waals surface area contributed by atoms with Crippen LogP contribution in [0.2, 0.25) is 0 Å². The summed E-state index contributed by atoms with van der Waals surface area (Å²) in [6, 6.07) is 5.90. The second-order valence-electron chi connectivity index (χ2n) is 6.81. The van der Waals surface area contributed by atoms with E-state index >= 15 is 0 Å². The van der Waals surface area contributed by atoms with Crippen molar-refractivity contribution in [3.8, 4) is 0 Å². The summed E-state index contributed by atoms with van der Waals surface area (Å²) in [6.07, 6.45) is 5.31. The molecule has 0 radical (unpaired) electrons. The third-order valence-electron chi connectivity index (χ3n) is 4.06. The summed E-state index contributed by atoms with van der Waals surface area (Å²) < 4.78 is 1.84. The molecule has 122 valence electrons. The summed E-state index contributed by atoms with van der Waals surface area (Å²) in [5.74, 6) is 1.03. The van der Waals surface area contributed by atoms with Crippen LogP contribution in [-0.4, -0.2) is 51.8 Å². The third-order valence-corrected chi connectivity index (χ3v) is 4.06. The van der Waals surface area contributed by atoms with Crippen LogP contribution in [0, 0.1) is 0 Å². The van der Waals surface area contributed by atoms with E-state index in [1.165, 1.54) is 0 Å². The van der Waals surface area contributed by atoms with Crippen molar-refractivity contribution < 1.29 is 4.79 Å². The number of anilines is 1. The van der Waals surface area contributed by atoms with Crippen LogP contribution in [0.4, 0.5) is 5.82 Å². The van der Waals surface area contributed by atoms with Crippen LogP contribution in [0.5, 0.6) is 0 Å². The smallest absolute Gasteiger partial charge is 0.257 e. The zero-order valence-electron chi connectivity index (χ0n) is 13.9. The molecule has 0 atom stereocenters. The van der Waals surface area contributed by atoms with E-state index in [9.17, 15) is 4.79 Å². The molecule has 0 saturated carbocycles. The first-order valence-electron chi connectivity index (χ1n) is 7.95. The minimum atomic E-state index is -0.115. The van der Waals surface area contributed by atoms with Gasteiger partial charge in [0.1, 0.15) is 5.82 Å². The number of carbonyl (C=O) groups excluding carboxylic acids is 1. The van der Waals surface area contributed by atoms with Crippen molar-refractivity contribution >= 4 is 11.7 Å². The summed E-state index contributed by atoms with van der Waals surface area (Å²) in [7, 11) is 0. The molecule has 1 amide bonds. The fourth-order valence-electron chi connectivity index (χ4n) is 2.66. The minimum absolute atomic E-state index is 0.0566. The highest BCUT2D eigenvalue weighted by Crippen LogP contribution is 2.17. The van der Waals surface area contributed by atoms with Crippen LogP contribution in [0.25, 0.3) is 0 Å². The van der Waals surface area contributed by atoms with Gasteiger partial charge in [0.2, 0.25) is 0 Å². The van der Waals surface area contributed by atoms with Crippen LogP contribution >= 0.6 is 0 Å². The van der Waals surface area contributed by atoms with Crippen LogP contribution in [-0.2, 0) is 5.54 Å². The van der Waals surface area contributed by atoms with Gasteiger partial charge in [-0.15, -0.1) is 0 Å². The number of rotatable bonds is 2. The number of amides is 1. The maximum atomic E-state index is 12.6. The topological polar surface area (TPSA) is 54.3 Å². The van der Waals surface area contributed by atoms with Gasteiger partial charge in [-0.3, -0.25) is 9.48 Å². The molecule has 0 unspecified atom stereocenters. The van der Waals surface area contributed by atoms with Crippen molar-refractivity contribution in [1.29, 1.82) is 0 Å². The molecule has 0 bridgehead atoms. The Morgan fingerprint density at radius 2 is 1.87 bits per heavy atom. The summed E-state index contributed by atoms with van der Waals surface area (Å²) in [5.41, 5.74) is 0.544. The van der Waals surface area contributed by atoms with Gasteiger partial charge in [-0.1, -0.05) is 6.07 Å². The zero-order chi connectivity index (χ0) is 16.4. The number of hydrogen-bond acceptors (Lipinski definition) is 4. The first-order chi connectivity index (χ1) is 10.9. The molecular formula is C17H23N5O. The summed E-state index contributed by atoms with van der Waals surface area (Å²) in [4.78, 5) is 21.1. The maximum Gasteiger partial charge on any atom is 0.257 e. The van der Waals surface area contributed by atoms with Gasteiger partial charge in [-0.2, -0.15) is 5.10 Å². The molecule has 23 heavy (non-hydrogen) atoms. The Morgan fingerprint density at radius 1 is 1.13 bits per heavy atom. The van der Waals surface area contributed by atoms with E-state index in [0.29, 0.717) is 18.7 Å². The molecule has 0 spiro atoms. The summed E-state index contributed by atoms with van der Waals surface area (Å²) in [5, 5.41) is 4.31. The number of carbonyl (C=O) groups is 1. The molecule has 0 N–H and O–H groups in total. The fourth-order valence-corrected chi connectivity index (χ4v) is 2.66. The number of pyridine rings is 1. The van der Waals surface area contributed by atoms with E-state index in [0.717, 1.165) is 18.9 Å². The SMILES string of the molecule is CC(C)(C)n1cc(C(=O)N2CCN(c3ccccn3)CC2)cn1. The van der Waals surface area contributed by atoms with Crippen molar-refractivity contribution in [2.24, 2.45) is 0 Å². The van der Waals surface area contributed by atoms with Crippen molar-refractivity contribution in [2.45, 2.75) is 26.3 Å². The van der Waals surface area contributed by atoms with E-state index in [2.05, 4.69) is 35.8 Å². The second kappa shape index (κ2) is 6.02. The molecule has 0 aliphatic carbocycles. The number of aromatic nitrogens is 3. The van der Waals surface area contributed by atoms with Crippen LogP contribution < -0.4 is 4.90 Å². The van der Waals surface area contributed by atoms with Gasteiger partial charge in [0.25, 0.3) is 5.91 Å². The van der Waals surface area contributed by atoms with E-state index in [1.54, 1.807) is 12.4 Å². The van der Waals surface area contributed by atoms with Gasteiger partial charge in [0, 0.05) is 38.6 Å². The molecule has 3 rings (SSSR count). The number of nitrogens with zero attached hydrogens (tertiary/aromatic N) is 5. The van der Waals surface area contributed by atoms with Gasteiger partial charge in [0.05, 0.1) is 17.3 Å². The Bertz CT molecular complexity index is 666. The van der Waals surface area contributed by atoms with Crippen molar-refractivity contribution in [2.75, 3.05) is 31.1 Å². The van der Waals surface area contributed by atoms with Crippen LogP contribution in [0.15, 0.2) is 36.8 Å². The average Bonchev–Trinajstić information content (AvgIpc) is 3.05. The highest BCUT2D eigenvalue weighted by atomic mass is 16.2. The van der Waals surface area contributed by atoms with E-state index < -0.39 is 0 Å². The summed E-state index contributed by atoms with van der Waals surface area (Å²) in [6.45, 7) is 9.22. The van der Waals surface area contributed by atoms with Crippen molar-refractivity contribution in [3.05, 3.63) is 42.4 Å². The molecule has 1 saturated heterocycles.